The molecule has 2 aliphatic rings. The van der Waals surface area contributed by atoms with Gasteiger partial charge in [0.15, 0.2) is 0 Å². The molecule has 0 saturated carbocycles. The molecule has 1 saturated heterocycles. The molecule has 2 aliphatic heterocycles. The quantitative estimate of drug-likeness (QED) is 0.884. The molecule has 0 aromatic heterocycles. The summed E-state index contributed by atoms with van der Waals surface area (Å²) in [5.41, 5.74) is 1.12. The Balaban J connectivity index is 1.60. The van der Waals surface area contributed by atoms with E-state index in [1.165, 1.54) is 19.4 Å². The van der Waals surface area contributed by atoms with Gasteiger partial charge in [-0.3, -0.25) is 4.90 Å². The molecule has 1 aromatic rings. The van der Waals surface area contributed by atoms with Crippen molar-refractivity contribution in [3.8, 4) is 5.75 Å². The van der Waals surface area contributed by atoms with E-state index in [0.29, 0.717) is 6.04 Å². The summed E-state index contributed by atoms with van der Waals surface area (Å²) in [7, 11) is 0. The van der Waals surface area contributed by atoms with Gasteiger partial charge in [0.05, 0.1) is 12.2 Å². The fraction of sp³-hybridized carbons (Fsp3) is 0.625. The molecule has 0 spiro atoms. The molecule has 0 radical (unpaired) electrons. The van der Waals surface area contributed by atoms with Crippen LogP contribution in [0.3, 0.4) is 0 Å². The average molecular weight is 260 g/mol. The number of fused-ring (bicyclic) bond motifs is 1. The molecule has 1 N–H and O–H groups in total. The van der Waals surface area contributed by atoms with E-state index in [2.05, 4.69) is 36.2 Å². The molecule has 104 valence electrons. The molecule has 2 heterocycles. The molecule has 0 amide bonds. The Morgan fingerprint density at radius 1 is 1.32 bits per heavy atom. The first kappa shape index (κ1) is 12.8. The van der Waals surface area contributed by atoms with Crippen molar-refractivity contribution >= 4 is 5.69 Å². The predicted molar refractivity (Wildman–Crippen MR) is 78.8 cm³/mol. The van der Waals surface area contributed by atoms with Gasteiger partial charge in [-0.15, -0.1) is 0 Å². The third-order valence-corrected chi connectivity index (χ3v) is 4.41. The first-order valence-electron chi connectivity index (χ1n) is 7.46. The summed E-state index contributed by atoms with van der Waals surface area (Å²) in [6.07, 6.45) is 2.91. The van der Waals surface area contributed by atoms with E-state index >= 15 is 0 Å². The van der Waals surface area contributed by atoms with Gasteiger partial charge in [0.2, 0.25) is 0 Å². The molecule has 19 heavy (non-hydrogen) atoms. The van der Waals surface area contributed by atoms with Gasteiger partial charge in [0.1, 0.15) is 11.9 Å². The number of para-hydroxylation sites is 2. The van der Waals surface area contributed by atoms with Gasteiger partial charge in [-0.05, 0) is 44.4 Å². The highest BCUT2D eigenvalue weighted by Gasteiger charge is 2.27. The number of ether oxygens (including phenoxy) is 1. The minimum absolute atomic E-state index is 0.269. The van der Waals surface area contributed by atoms with Gasteiger partial charge in [-0.2, -0.15) is 0 Å². The van der Waals surface area contributed by atoms with Crippen molar-refractivity contribution in [1.82, 2.24) is 4.90 Å². The first-order valence-corrected chi connectivity index (χ1v) is 7.46. The molecule has 1 fully saturated rings. The van der Waals surface area contributed by atoms with Crippen LogP contribution in [0.2, 0.25) is 0 Å². The van der Waals surface area contributed by atoms with Gasteiger partial charge < -0.3 is 10.1 Å². The lowest BCUT2D eigenvalue weighted by molar-refractivity contribution is 0.0743. The summed E-state index contributed by atoms with van der Waals surface area (Å²) >= 11 is 0. The Morgan fingerprint density at radius 3 is 3.00 bits per heavy atom. The van der Waals surface area contributed by atoms with Crippen LogP contribution in [0, 0.1) is 5.92 Å². The number of rotatable bonds is 2. The first-order chi connectivity index (χ1) is 9.22. The summed E-state index contributed by atoms with van der Waals surface area (Å²) in [6.45, 7) is 7.87. The zero-order valence-corrected chi connectivity index (χ0v) is 11.9. The maximum absolute atomic E-state index is 6.11. The van der Waals surface area contributed by atoms with E-state index in [1.807, 2.05) is 12.1 Å². The molecule has 3 rings (SSSR count). The number of nitrogens with zero attached hydrogens (tertiary/aromatic N) is 1. The minimum Gasteiger partial charge on any atom is -0.485 e. The number of anilines is 1. The van der Waals surface area contributed by atoms with E-state index in [-0.39, 0.29) is 6.10 Å². The molecule has 3 heteroatoms. The Kier molecular flexibility index (Phi) is 3.65. The third kappa shape index (κ3) is 2.86. The van der Waals surface area contributed by atoms with Crippen LogP contribution in [0.4, 0.5) is 5.69 Å². The zero-order valence-electron chi connectivity index (χ0n) is 11.9. The zero-order chi connectivity index (χ0) is 13.2. The third-order valence-electron chi connectivity index (χ3n) is 4.41. The van der Waals surface area contributed by atoms with Crippen LogP contribution < -0.4 is 10.1 Å². The van der Waals surface area contributed by atoms with Crippen LogP contribution in [0.5, 0.6) is 5.75 Å². The number of likely N-dealkylation sites (tertiary alicyclic amines) is 1. The summed E-state index contributed by atoms with van der Waals surface area (Å²) in [5.74, 6) is 1.87. The number of benzene rings is 1. The van der Waals surface area contributed by atoms with E-state index in [1.54, 1.807) is 0 Å². The van der Waals surface area contributed by atoms with Gasteiger partial charge in [0, 0.05) is 12.6 Å². The highest BCUT2D eigenvalue weighted by molar-refractivity contribution is 5.57. The largest absolute Gasteiger partial charge is 0.485 e. The fourth-order valence-corrected chi connectivity index (χ4v) is 3.25. The Hall–Kier alpha value is -1.22. The van der Waals surface area contributed by atoms with Crippen LogP contribution in [-0.4, -0.2) is 36.7 Å². The van der Waals surface area contributed by atoms with Crippen LogP contribution >= 0.6 is 0 Å². The normalized spacial score (nSPS) is 31.2. The van der Waals surface area contributed by atoms with E-state index < -0.39 is 0 Å². The topological polar surface area (TPSA) is 24.5 Å². The van der Waals surface area contributed by atoms with E-state index in [4.69, 9.17) is 4.74 Å². The summed E-state index contributed by atoms with van der Waals surface area (Å²) in [6, 6.07) is 8.90. The Morgan fingerprint density at radius 2 is 2.16 bits per heavy atom. The molecule has 0 aliphatic carbocycles. The maximum Gasteiger partial charge on any atom is 0.142 e. The van der Waals surface area contributed by atoms with Gasteiger partial charge in [0.25, 0.3) is 0 Å². The van der Waals surface area contributed by atoms with Crippen molar-refractivity contribution in [3.05, 3.63) is 24.3 Å². The lowest BCUT2D eigenvalue weighted by Gasteiger charge is -2.39. The second-order valence-corrected chi connectivity index (χ2v) is 6.09. The van der Waals surface area contributed by atoms with Crippen LogP contribution in [0.25, 0.3) is 0 Å². The van der Waals surface area contributed by atoms with Crippen molar-refractivity contribution in [1.29, 1.82) is 0 Å². The molecule has 0 bridgehead atoms. The van der Waals surface area contributed by atoms with E-state index in [0.717, 1.165) is 30.4 Å². The Bertz CT molecular complexity index is 435. The van der Waals surface area contributed by atoms with Gasteiger partial charge in [-0.25, -0.2) is 0 Å². The molecular weight excluding hydrogens is 236 g/mol. The van der Waals surface area contributed by atoms with Crippen molar-refractivity contribution in [2.24, 2.45) is 5.92 Å². The minimum atomic E-state index is 0.269. The predicted octanol–water partition coefficient (Wildman–Crippen LogP) is 2.98. The highest BCUT2D eigenvalue weighted by Crippen LogP contribution is 2.29. The molecule has 3 nitrogen and oxygen atoms in total. The Labute approximate surface area is 115 Å². The standard InChI is InChI=1S/C16H24N2O/c1-12-7-8-18(13(2)9-12)11-14-10-17-15-5-3-4-6-16(15)19-14/h3-6,12-14,17H,7-11H2,1-2H3. The average Bonchev–Trinajstić information content (AvgIpc) is 2.42. The molecule has 1 aromatic carbocycles. The maximum atomic E-state index is 6.11. The number of hydrogen-bond acceptors (Lipinski definition) is 3. The van der Waals surface area contributed by atoms with E-state index in [9.17, 15) is 0 Å². The lowest BCUT2D eigenvalue weighted by atomic mass is 9.93. The van der Waals surface area contributed by atoms with Crippen LogP contribution in [-0.2, 0) is 0 Å². The van der Waals surface area contributed by atoms with Crippen molar-refractivity contribution in [2.75, 3.05) is 25.0 Å². The smallest absolute Gasteiger partial charge is 0.142 e. The highest BCUT2D eigenvalue weighted by atomic mass is 16.5. The van der Waals surface area contributed by atoms with Gasteiger partial charge in [-0.1, -0.05) is 19.1 Å². The summed E-state index contributed by atoms with van der Waals surface area (Å²) in [4.78, 5) is 2.58. The van der Waals surface area contributed by atoms with Crippen molar-refractivity contribution in [3.63, 3.8) is 0 Å². The number of hydrogen-bond donors (Lipinski definition) is 1. The van der Waals surface area contributed by atoms with Crippen molar-refractivity contribution in [2.45, 2.75) is 38.8 Å². The number of nitrogens with one attached hydrogen (secondary N) is 1. The fourth-order valence-electron chi connectivity index (χ4n) is 3.25. The van der Waals surface area contributed by atoms with Crippen LogP contribution in [0.1, 0.15) is 26.7 Å². The summed E-state index contributed by atoms with van der Waals surface area (Å²) in [5, 5.41) is 3.47. The monoisotopic (exact) mass is 260 g/mol. The molecular formula is C16H24N2O. The van der Waals surface area contributed by atoms with Crippen LogP contribution in [0.15, 0.2) is 24.3 Å². The molecule has 3 unspecified atom stereocenters. The van der Waals surface area contributed by atoms with Gasteiger partial charge >= 0.3 is 0 Å². The lowest BCUT2D eigenvalue weighted by Crippen LogP contribution is -2.48. The summed E-state index contributed by atoms with van der Waals surface area (Å²) < 4.78 is 6.11. The second kappa shape index (κ2) is 5.41. The number of piperidine rings is 1. The molecule has 3 atom stereocenters. The SMILES string of the molecule is CC1CCN(CC2CNc3ccccc3O2)C(C)C1. The van der Waals surface area contributed by atoms with Crippen molar-refractivity contribution < 1.29 is 4.74 Å². The second-order valence-electron chi connectivity index (χ2n) is 6.09.